The van der Waals surface area contributed by atoms with E-state index in [1.54, 1.807) is 18.2 Å². The van der Waals surface area contributed by atoms with Gasteiger partial charge in [-0.15, -0.1) is 0 Å². The van der Waals surface area contributed by atoms with Crippen molar-refractivity contribution < 1.29 is 4.79 Å². The molecule has 0 aliphatic heterocycles. The summed E-state index contributed by atoms with van der Waals surface area (Å²) >= 11 is 0. The Morgan fingerprint density at radius 2 is 1.75 bits per heavy atom. The molecule has 3 N–H and O–H groups in total. The third-order valence-electron chi connectivity index (χ3n) is 2.58. The van der Waals surface area contributed by atoms with Gasteiger partial charge in [-0.1, -0.05) is 12.1 Å². The van der Waals surface area contributed by atoms with Gasteiger partial charge in [0.25, 0.3) is 5.91 Å². The van der Waals surface area contributed by atoms with Crippen molar-refractivity contribution in [3.63, 3.8) is 0 Å². The number of nitrogens with one attached hydrogen (secondary N) is 1. The van der Waals surface area contributed by atoms with Crippen molar-refractivity contribution in [2.45, 2.75) is 13.8 Å². The highest BCUT2D eigenvalue weighted by atomic mass is 16.1. The third-order valence-corrected chi connectivity index (χ3v) is 2.58. The monoisotopic (exact) mass is 268 g/mol. The summed E-state index contributed by atoms with van der Waals surface area (Å²) in [6, 6.07) is 9.09. The van der Waals surface area contributed by atoms with Crippen molar-refractivity contribution in [3.05, 3.63) is 53.4 Å². The average Bonchev–Trinajstić information content (AvgIpc) is 2.37. The highest BCUT2D eigenvalue weighted by Gasteiger charge is 2.02. The molecule has 0 aliphatic carbocycles. The summed E-state index contributed by atoms with van der Waals surface area (Å²) in [6.07, 6.45) is 3.14. The molecule has 0 unspecified atom stereocenters. The molecule has 5 nitrogen and oxygen atoms in total. The SMILES string of the molecule is Cc1cc(C)nc(NC(=O)/C=C/c2ccc(N)cc2)n1. The fourth-order valence-corrected chi connectivity index (χ4v) is 1.71. The number of amides is 1. The molecule has 20 heavy (non-hydrogen) atoms. The Hall–Kier alpha value is -2.69. The lowest BCUT2D eigenvalue weighted by molar-refractivity contribution is -0.111. The quantitative estimate of drug-likeness (QED) is 0.661. The molecule has 0 saturated carbocycles. The fourth-order valence-electron chi connectivity index (χ4n) is 1.71. The number of nitrogen functional groups attached to an aromatic ring is 1. The molecule has 1 aromatic carbocycles. The second kappa shape index (κ2) is 5.97. The zero-order valence-corrected chi connectivity index (χ0v) is 11.4. The van der Waals surface area contributed by atoms with Crippen LogP contribution in [0.15, 0.2) is 36.4 Å². The van der Waals surface area contributed by atoms with Gasteiger partial charge in [-0.3, -0.25) is 10.1 Å². The molecule has 2 aromatic rings. The van der Waals surface area contributed by atoms with Crippen LogP contribution in [0.2, 0.25) is 0 Å². The molecule has 5 heteroatoms. The van der Waals surface area contributed by atoms with Gasteiger partial charge in [0.2, 0.25) is 5.95 Å². The first-order chi connectivity index (χ1) is 9.52. The number of aromatic nitrogens is 2. The predicted molar refractivity (Wildman–Crippen MR) is 80.0 cm³/mol. The Morgan fingerprint density at radius 1 is 1.15 bits per heavy atom. The van der Waals surface area contributed by atoms with E-state index in [4.69, 9.17) is 5.73 Å². The Bertz CT molecular complexity index is 627. The van der Waals surface area contributed by atoms with Crippen LogP contribution in [0.25, 0.3) is 6.08 Å². The number of benzene rings is 1. The van der Waals surface area contributed by atoms with Crippen LogP contribution < -0.4 is 11.1 Å². The third kappa shape index (κ3) is 3.91. The van der Waals surface area contributed by atoms with E-state index in [1.165, 1.54) is 6.08 Å². The minimum atomic E-state index is -0.271. The molecule has 0 radical (unpaired) electrons. The lowest BCUT2D eigenvalue weighted by atomic mass is 10.2. The van der Waals surface area contributed by atoms with Crippen LogP contribution in [-0.2, 0) is 4.79 Å². The van der Waals surface area contributed by atoms with Gasteiger partial charge in [-0.25, -0.2) is 9.97 Å². The maximum atomic E-state index is 11.8. The molecule has 0 fully saturated rings. The molecule has 2 rings (SSSR count). The van der Waals surface area contributed by atoms with E-state index >= 15 is 0 Å². The van der Waals surface area contributed by atoms with E-state index in [2.05, 4.69) is 15.3 Å². The van der Waals surface area contributed by atoms with E-state index in [9.17, 15) is 4.79 Å². The van der Waals surface area contributed by atoms with Crippen LogP contribution in [-0.4, -0.2) is 15.9 Å². The van der Waals surface area contributed by atoms with Crippen molar-refractivity contribution in [1.29, 1.82) is 0 Å². The first-order valence-corrected chi connectivity index (χ1v) is 6.20. The van der Waals surface area contributed by atoms with E-state index in [0.29, 0.717) is 11.6 Å². The minimum Gasteiger partial charge on any atom is -0.399 e. The molecule has 1 aromatic heterocycles. The molecule has 0 aliphatic rings. The van der Waals surface area contributed by atoms with Gasteiger partial charge in [-0.2, -0.15) is 0 Å². The highest BCUT2D eigenvalue weighted by Crippen LogP contribution is 2.08. The molecule has 1 heterocycles. The van der Waals surface area contributed by atoms with Crippen LogP contribution in [0, 0.1) is 13.8 Å². The molecule has 0 atom stereocenters. The second-order valence-corrected chi connectivity index (χ2v) is 4.46. The Balaban J connectivity index is 2.03. The summed E-state index contributed by atoms with van der Waals surface area (Å²) in [5, 5.41) is 2.63. The molecule has 102 valence electrons. The first-order valence-electron chi connectivity index (χ1n) is 6.20. The molecule has 0 bridgehead atoms. The Kier molecular flexibility index (Phi) is 4.10. The number of carbonyl (C=O) groups is 1. The highest BCUT2D eigenvalue weighted by molar-refractivity contribution is 6.00. The maximum Gasteiger partial charge on any atom is 0.250 e. The van der Waals surface area contributed by atoms with Crippen molar-refractivity contribution in [1.82, 2.24) is 9.97 Å². The average molecular weight is 268 g/mol. The van der Waals surface area contributed by atoms with Crippen LogP contribution in [0.5, 0.6) is 0 Å². The largest absolute Gasteiger partial charge is 0.399 e. The van der Waals surface area contributed by atoms with Crippen LogP contribution >= 0.6 is 0 Å². The number of anilines is 2. The standard InChI is InChI=1S/C15H16N4O/c1-10-9-11(2)18-15(17-10)19-14(20)8-5-12-3-6-13(16)7-4-12/h3-9H,16H2,1-2H3,(H,17,18,19,20)/b8-5+. The summed E-state index contributed by atoms with van der Waals surface area (Å²) in [5.74, 6) is 0.0429. The van der Waals surface area contributed by atoms with E-state index in [-0.39, 0.29) is 5.91 Å². The van der Waals surface area contributed by atoms with Crippen LogP contribution in [0.1, 0.15) is 17.0 Å². The fraction of sp³-hybridized carbons (Fsp3) is 0.133. The van der Waals surface area contributed by atoms with Crippen LogP contribution in [0.3, 0.4) is 0 Å². The van der Waals surface area contributed by atoms with E-state index in [0.717, 1.165) is 17.0 Å². The van der Waals surface area contributed by atoms with Gasteiger partial charge in [0.05, 0.1) is 0 Å². The number of aryl methyl sites for hydroxylation is 2. The lowest BCUT2D eigenvalue weighted by Gasteiger charge is -2.02. The number of hydrogen-bond donors (Lipinski definition) is 2. The molecule has 0 spiro atoms. The van der Waals surface area contributed by atoms with Gasteiger partial charge in [0.15, 0.2) is 0 Å². The number of nitrogens with two attached hydrogens (primary N) is 1. The minimum absolute atomic E-state index is 0.271. The summed E-state index contributed by atoms with van der Waals surface area (Å²) in [5.41, 5.74) is 8.81. The molecule has 1 amide bonds. The Morgan fingerprint density at radius 3 is 2.35 bits per heavy atom. The lowest BCUT2D eigenvalue weighted by Crippen LogP contribution is -2.11. The Labute approximate surface area is 117 Å². The number of nitrogens with zero attached hydrogens (tertiary/aromatic N) is 2. The summed E-state index contributed by atoms with van der Waals surface area (Å²) < 4.78 is 0. The van der Waals surface area contributed by atoms with Gasteiger partial charge in [0, 0.05) is 23.2 Å². The zero-order chi connectivity index (χ0) is 14.5. The van der Waals surface area contributed by atoms with Crippen molar-refractivity contribution in [2.75, 3.05) is 11.1 Å². The smallest absolute Gasteiger partial charge is 0.250 e. The number of rotatable bonds is 3. The van der Waals surface area contributed by atoms with Crippen molar-refractivity contribution >= 4 is 23.6 Å². The topological polar surface area (TPSA) is 80.9 Å². The van der Waals surface area contributed by atoms with Crippen molar-refractivity contribution in [2.24, 2.45) is 0 Å². The summed E-state index contributed by atoms with van der Waals surface area (Å²) in [4.78, 5) is 20.1. The zero-order valence-electron chi connectivity index (χ0n) is 11.4. The number of hydrogen-bond acceptors (Lipinski definition) is 4. The predicted octanol–water partition coefficient (Wildman–Crippen LogP) is 2.33. The molecular formula is C15H16N4O. The van der Waals surface area contributed by atoms with E-state index < -0.39 is 0 Å². The summed E-state index contributed by atoms with van der Waals surface area (Å²) in [6.45, 7) is 3.71. The molecule has 0 saturated heterocycles. The number of carbonyl (C=O) groups excluding carboxylic acids is 1. The summed E-state index contributed by atoms with van der Waals surface area (Å²) in [7, 11) is 0. The van der Waals surface area contributed by atoms with E-state index in [1.807, 2.05) is 32.0 Å². The van der Waals surface area contributed by atoms with Gasteiger partial charge in [0.1, 0.15) is 0 Å². The van der Waals surface area contributed by atoms with Crippen LogP contribution in [0.4, 0.5) is 11.6 Å². The van der Waals surface area contributed by atoms with Gasteiger partial charge < -0.3 is 5.73 Å². The second-order valence-electron chi connectivity index (χ2n) is 4.46. The van der Waals surface area contributed by atoms with Crippen molar-refractivity contribution in [3.8, 4) is 0 Å². The van der Waals surface area contributed by atoms with Gasteiger partial charge in [-0.05, 0) is 43.7 Å². The molecular weight excluding hydrogens is 252 g/mol. The first kappa shape index (κ1) is 13.7. The van der Waals surface area contributed by atoms with Gasteiger partial charge >= 0.3 is 0 Å². The maximum absolute atomic E-state index is 11.8. The normalized spacial score (nSPS) is 10.7.